The van der Waals surface area contributed by atoms with E-state index in [0.29, 0.717) is 12.3 Å². The van der Waals surface area contributed by atoms with Crippen LogP contribution in [0.5, 0.6) is 0 Å². The lowest BCUT2D eigenvalue weighted by atomic mass is 9.99. The van der Waals surface area contributed by atoms with Gasteiger partial charge in [0.2, 0.25) is 5.91 Å². The van der Waals surface area contributed by atoms with Crippen LogP contribution in [0.1, 0.15) is 30.9 Å². The molecule has 1 atom stereocenters. The lowest BCUT2D eigenvalue weighted by Gasteiger charge is -2.31. The maximum atomic E-state index is 12.2. The van der Waals surface area contributed by atoms with Gasteiger partial charge in [0.25, 0.3) is 0 Å². The molecule has 1 aromatic rings. The number of hydrogen-bond acceptors (Lipinski definition) is 2. The van der Waals surface area contributed by atoms with E-state index in [1.165, 1.54) is 6.42 Å². The highest BCUT2D eigenvalue weighted by molar-refractivity contribution is 5.80. The zero-order valence-electron chi connectivity index (χ0n) is 11.3. The molecule has 0 aliphatic carbocycles. The number of nitrogens with zero attached hydrogens (tertiary/aromatic N) is 1. The molecule has 1 aliphatic rings. The number of likely N-dealkylation sites (tertiary alicyclic amines) is 1. The average Bonchev–Trinajstić information content (AvgIpc) is 2.32. The van der Waals surface area contributed by atoms with Gasteiger partial charge in [-0.3, -0.25) is 4.79 Å². The van der Waals surface area contributed by atoms with Crippen molar-refractivity contribution >= 4 is 11.6 Å². The molecule has 1 saturated heterocycles. The Hall–Kier alpha value is -1.51. The fraction of sp³-hybridized carbons (Fsp3) is 0.533. The third-order valence-electron chi connectivity index (χ3n) is 3.65. The number of aryl methyl sites for hydroxylation is 1. The molecule has 2 N–H and O–H groups in total. The van der Waals surface area contributed by atoms with E-state index in [2.05, 4.69) is 6.92 Å². The SMILES string of the molecule is Cc1ccc(CC(=O)N2CCC[C@H](C)C2)c(N)c1. The lowest BCUT2D eigenvalue weighted by Crippen LogP contribution is -2.40. The average molecular weight is 246 g/mol. The van der Waals surface area contributed by atoms with Gasteiger partial charge in [-0.1, -0.05) is 19.1 Å². The Morgan fingerprint density at radius 3 is 2.94 bits per heavy atom. The molecule has 1 heterocycles. The third kappa shape index (κ3) is 3.03. The van der Waals surface area contributed by atoms with Crippen molar-refractivity contribution in [2.45, 2.75) is 33.1 Å². The number of nitrogen functional groups attached to an aromatic ring is 1. The maximum Gasteiger partial charge on any atom is 0.227 e. The van der Waals surface area contributed by atoms with Gasteiger partial charge in [-0.15, -0.1) is 0 Å². The Morgan fingerprint density at radius 1 is 1.50 bits per heavy atom. The van der Waals surface area contributed by atoms with Crippen LogP contribution < -0.4 is 5.73 Å². The molecule has 0 radical (unpaired) electrons. The molecule has 3 heteroatoms. The summed E-state index contributed by atoms with van der Waals surface area (Å²) >= 11 is 0. The number of anilines is 1. The molecule has 1 amide bonds. The molecular formula is C15H22N2O. The number of carbonyl (C=O) groups is 1. The van der Waals surface area contributed by atoms with Gasteiger partial charge in [-0.05, 0) is 42.9 Å². The number of rotatable bonds is 2. The highest BCUT2D eigenvalue weighted by atomic mass is 16.2. The Morgan fingerprint density at radius 2 is 2.28 bits per heavy atom. The largest absolute Gasteiger partial charge is 0.398 e. The summed E-state index contributed by atoms with van der Waals surface area (Å²) in [5, 5.41) is 0. The van der Waals surface area contributed by atoms with Crippen molar-refractivity contribution in [2.24, 2.45) is 5.92 Å². The topological polar surface area (TPSA) is 46.3 Å². The molecule has 3 nitrogen and oxygen atoms in total. The minimum absolute atomic E-state index is 0.206. The predicted molar refractivity (Wildman–Crippen MR) is 74.3 cm³/mol. The molecule has 1 aliphatic heterocycles. The van der Waals surface area contributed by atoms with Crippen molar-refractivity contribution in [3.8, 4) is 0 Å². The zero-order chi connectivity index (χ0) is 13.1. The van der Waals surface area contributed by atoms with Crippen LogP contribution in [0.25, 0.3) is 0 Å². The molecule has 0 spiro atoms. The van der Waals surface area contributed by atoms with Crippen LogP contribution in [0.15, 0.2) is 18.2 Å². The summed E-state index contributed by atoms with van der Waals surface area (Å²) in [6, 6.07) is 5.91. The third-order valence-corrected chi connectivity index (χ3v) is 3.65. The van der Waals surface area contributed by atoms with Crippen LogP contribution in [0, 0.1) is 12.8 Å². The first-order valence-electron chi connectivity index (χ1n) is 6.69. The van der Waals surface area contributed by atoms with Gasteiger partial charge >= 0.3 is 0 Å². The van der Waals surface area contributed by atoms with Gasteiger partial charge in [-0.25, -0.2) is 0 Å². The summed E-state index contributed by atoms with van der Waals surface area (Å²) in [6.07, 6.45) is 2.78. The van der Waals surface area contributed by atoms with Crippen molar-refractivity contribution < 1.29 is 4.79 Å². The number of piperidine rings is 1. The monoisotopic (exact) mass is 246 g/mol. The van der Waals surface area contributed by atoms with Crippen molar-refractivity contribution in [1.82, 2.24) is 4.90 Å². The minimum Gasteiger partial charge on any atom is -0.398 e. The number of nitrogens with two attached hydrogens (primary N) is 1. The van der Waals surface area contributed by atoms with Crippen molar-refractivity contribution in [1.29, 1.82) is 0 Å². The first kappa shape index (κ1) is 12.9. The Kier molecular flexibility index (Phi) is 3.90. The fourth-order valence-electron chi connectivity index (χ4n) is 2.57. The van der Waals surface area contributed by atoms with Gasteiger partial charge in [0.1, 0.15) is 0 Å². The van der Waals surface area contributed by atoms with Crippen LogP contribution >= 0.6 is 0 Å². The smallest absolute Gasteiger partial charge is 0.227 e. The van der Waals surface area contributed by atoms with E-state index in [0.717, 1.165) is 36.3 Å². The summed E-state index contributed by atoms with van der Waals surface area (Å²) in [6.45, 7) is 6.01. The summed E-state index contributed by atoms with van der Waals surface area (Å²) in [4.78, 5) is 14.2. The minimum atomic E-state index is 0.206. The van der Waals surface area contributed by atoms with Gasteiger partial charge in [0.15, 0.2) is 0 Å². The molecule has 1 aromatic carbocycles. The lowest BCUT2D eigenvalue weighted by molar-refractivity contribution is -0.132. The van der Waals surface area contributed by atoms with E-state index in [9.17, 15) is 4.79 Å². The van der Waals surface area contributed by atoms with Crippen LogP contribution in [0.3, 0.4) is 0 Å². The first-order chi connectivity index (χ1) is 8.56. The predicted octanol–water partition coefficient (Wildman–Crippen LogP) is 2.38. The molecule has 0 bridgehead atoms. The van der Waals surface area contributed by atoms with Gasteiger partial charge in [0, 0.05) is 18.8 Å². The normalized spacial score (nSPS) is 19.9. The summed E-state index contributed by atoms with van der Waals surface area (Å²) in [7, 11) is 0. The Bertz CT molecular complexity index is 442. The Balaban J connectivity index is 2.02. The van der Waals surface area contributed by atoms with Crippen LogP contribution in [-0.4, -0.2) is 23.9 Å². The van der Waals surface area contributed by atoms with Gasteiger partial charge < -0.3 is 10.6 Å². The quantitative estimate of drug-likeness (QED) is 0.814. The van der Waals surface area contributed by atoms with Crippen molar-refractivity contribution in [3.63, 3.8) is 0 Å². The van der Waals surface area contributed by atoms with E-state index in [1.807, 2.05) is 30.0 Å². The molecule has 0 saturated carbocycles. The first-order valence-corrected chi connectivity index (χ1v) is 6.69. The van der Waals surface area contributed by atoms with Gasteiger partial charge in [0.05, 0.1) is 6.42 Å². The Labute approximate surface area is 109 Å². The molecule has 98 valence electrons. The standard InChI is InChI=1S/C15H22N2O/c1-11-5-6-13(14(16)8-11)9-15(18)17-7-3-4-12(2)10-17/h5-6,8,12H,3-4,7,9-10,16H2,1-2H3/t12-/m0/s1. The summed E-state index contributed by atoms with van der Waals surface area (Å²) in [5.41, 5.74) is 8.77. The van der Waals surface area contributed by atoms with Crippen molar-refractivity contribution in [2.75, 3.05) is 18.8 Å². The molecular weight excluding hydrogens is 224 g/mol. The molecule has 0 unspecified atom stereocenters. The van der Waals surface area contributed by atoms with Crippen LogP contribution in [0.2, 0.25) is 0 Å². The molecule has 1 fully saturated rings. The number of amides is 1. The highest BCUT2D eigenvalue weighted by Crippen LogP contribution is 2.19. The van der Waals surface area contributed by atoms with Crippen LogP contribution in [-0.2, 0) is 11.2 Å². The van der Waals surface area contributed by atoms with Crippen LogP contribution in [0.4, 0.5) is 5.69 Å². The summed E-state index contributed by atoms with van der Waals surface area (Å²) in [5.74, 6) is 0.829. The number of carbonyl (C=O) groups excluding carboxylic acids is 1. The molecule has 0 aromatic heterocycles. The van der Waals surface area contributed by atoms with E-state index < -0.39 is 0 Å². The second kappa shape index (κ2) is 5.42. The van der Waals surface area contributed by atoms with E-state index in [1.54, 1.807) is 0 Å². The second-order valence-corrected chi connectivity index (χ2v) is 5.47. The number of hydrogen-bond donors (Lipinski definition) is 1. The molecule has 18 heavy (non-hydrogen) atoms. The van der Waals surface area contributed by atoms with E-state index in [-0.39, 0.29) is 5.91 Å². The summed E-state index contributed by atoms with van der Waals surface area (Å²) < 4.78 is 0. The fourth-order valence-corrected chi connectivity index (χ4v) is 2.57. The highest BCUT2D eigenvalue weighted by Gasteiger charge is 2.21. The van der Waals surface area contributed by atoms with E-state index in [4.69, 9.17) is 5.73 Å². The van der Waals surface area contributed by atoms with E-state index >= 15 is 0 Å². The maximum absolute atomic E-state index is 12.2. The van der Waals surface area contributed by atoms with Crippen molar-refractivity contribution in [3.05, 3.63) is 29.3 Å². The second-order valence-electron chi connectivity index (χ2n) is 5.47. The van der Waals surface area contributed by atoms with Gasteiger partial charge in [-0.2, -0.15) is 0 Å². The zero-order valence-corrected chi connectivity index (χ0v) is 11.3. The number of benzene rings is 1. The molecule has 2 rings (SSSR count).